The predicted octanol–water partition coefficient (Wildman–Crippen LogP) is 1.21. The van der Waals surface area contributed by atoms with Crippen molar-refractivity contribution < 1.29 is 13.2 Å². The highest BCUT2D eigenvalue weighted by Gasteiger charge is 2.27. The molecule has 1 aromatic carbocycles. The van der Waals surface area contributed by atoms with Crippen LogP contribution in [0.25, 0.3) is 0 Å². The van der Waals surface area contributed by atoms with Crippen molar-refractivity contribution in [1.82, 2.24) is 4.31 Å². The van der Waals surface area contributed by atoms with Gasteiger partial charge in [-0.1, -0.05) is 12.1 Å². The van der Waals surface area contributed by atoms with Crippen LogP contribution < -0.4 is 5.73 Å². The van der Waals surface area contributed by atoms with Gasteiger partial charge in [-0.3, -0.25) is 0 Å². The van der Waals surface area contributed by atoms with Gasteiger partial charge in [-0.25, -0.2) is 12.7 Å². The molecule has 6 heteroatoms. The standard InChI is InChI=1S/C13H20N2O3S/c1-15(13-5-7-18-8-6-13)19(16,17)10-11-3-2-4-12(14)9-11/h2-4,9,13H,5-8,10,14H2,1H3. The molecule has 0 atom stereocenters. The Balaban J connectivity index is 2.08. The number of ether oxygens (including phenoxy) is 1. The van der Waals surface area contributed by atoms with Gasteiger partial charge in [0.25, 0.3) is 0 Å². The number of nitrogen functional groups attached to an aromatic ring is 1. The van der Waals surface area contributed by atoms with E-state index in [1.54, 1.807) is 31.3 Å². The lowest BCUT2D eigenvalue weighted by Crippen LogP contribution is -2.41. The Morgan fingerprint density at radius 3 is 2.68 bits per heavy atom. The maximum atomic E-state index is 12.4. The first-order chi connectivity index (χ1) is 8.99. The Hall–Kier alpha value is -1.11. The topological polar surface area (TPSA) is 72.6 Å². The van der Waals surface area contributed by atoms with Crippen molar-refractivity contribution in [3.05, 3.63) is 29.8 Å². The highest BCUT2D eigenvalue weighted by atomic mass is 32.2. The molecule has 0 bridgehead atoms. The predicted molar refractivity (Wildman–Crippen MR) is 75.1 cm³/mol. The van der Waals surface area contributed by atoms with Crippen molar-refractivity contribution in [2.24, 2.45) is 0 Å². The summed E-state index contributed by atoms with van der Waals surface area (Å²) in [6, 6.07) is 7.05. The van der Waals surface area contributed by atoms with Crippen LogP contribution >= 0.6 is 0 Å². The van der Waals surface area contributed by atoms with Crippen LogP contribution in [-0.4, -0.2) is 39.0 Å². The molecule has 106 valence electrons. The average molecular weight is 284 g/mol. The molecule has 2 N–H and O–H groups in total. The summed E-state index contributed by atoms with van der Waals surface area (Å²) in [6.07, 6.45) is 1.51. The molecular weight excluding hydrogens is 264 g/mol. The van der Waals surface area contributed by atoms with Gasteiger partial charge in [0.1, 0.15) is 0 Å². The van der Waals surface area contributed by atoms with E-state index < -0.39 is 10.0 Å². The first-order valence-electron chi connectivity index (χ1n) is 6.37. The monoisotopic (exact) mass is 284 g/mol. The first kappa shape index (κ1) is 14.3. The lowest BCUT2D eigenvalue weighted by molar-refractivity contribution is 0.0632. The maximum absolute atomic E-state index is 12.4. The summed E-state index contributed by atoms with van der Waals surface area (Å²) in [5, 5.41) is 0. The second kappa shape index (κ2) is 5.90. The van der Waals surface area contributed by atoms with Crippen molar-refractivity contribution >= 4 is 15.7 Å². The number of sulfonamides is 1. The van der Waals surface area contributed by atoms with Crippen LogP contribution in [0.15, 0.2) is 24.3 Å². The third-order valence-electron chi connectivity index (χ3n) is 3.44. The zero-order valence-electron chi connectivity index (χ0n) is 11.1. The van der Waals surface area contributed by atoms with Crippen molar-refractivity contribution in [1.29, 1.82) is 0 Å². The molecule has 0 spiro atoms. The largest absolute Gasteiger partial charge is 0.399 e. The Morgan fingerprint density at radius 1 is 1.37 bits per heavy atom. The van der Waals surface area contributed by atoms with Crippen LogP contribution in [0.3, 0.4) is 0 Å². The number of nitrogens with two attached hydrogens (primary N) is 1. The van der Waals surface area contributed by atoms with E-state index in [1.807, 2.05) is 0 Å². The van der Waals surface area contributed by atoms with Gasteiger partial charge < -0.3 is 10.5 Å². The SMILES string of the molecule is CN(C1CCOCC1)S(=O)(=O)Cc1cccc(N)c1. The summed E-state index contributed by atoms with van der Waals surface area (Å²) in [4.78, 5) is 0. The number of hydrogen-bond acceptors (Lipinski definition) is 4. The molecule has 1 aliphatic heterocycles. The van der Waals surface area contributed by atoms with Crippen molar-refractivity contribution in [2.75, 3.05) is 26.0 Å². The van der Waals surface area contributed by atoms with E-state index in [1.165, 1.54) is 4.31 Å². The van der Waals surface area contributed by atoms with Crippen molar-refractivity contribution in [3.63, 3.8) is 0 Å². The molecule has 1 heterocycles. The van der Waals surface area contributed by atoms with Gasteiger partial charge >= 0.3 is 0 Å². The minimum absolute atomic E-state index is 0.00804. The van der Waals surface area contributed by atoms with E-state index in [2.05, 4.69) is 0 Å². The van der Waals surface area contributed by atoms with E-state index in [0.717, 1.165) is 18.4 Å². The summed E-state index contributed by atoms with van der Waals surface area (Å²) in [5.41, 5.74) is 6.98. The normalized spacial score (nSPS) is 17.8. The number of anilines is 1. The van der Waals surface area contributed by atoms with Crippen LogP contribution in [-0.2, 0) is 20.5 Å². The smallest absolute Gasteiger partial charge is 0.218 e. The maximum Gasteiger partial charge on any atom is 0.218 e. The molecule has 0 aromatic heterocycles. The number of rotatable bonds is 4. The highest BCUT2D eigenvalue weighted by molar-refractivity contribution is 7.88. The van der Waals surface area contributed by atoms with E-state index in [4.69, 9.17) is 10.5 Å². The third-order valence-corrected chi connectivity index (χ3v) is 5.32. The lowest BCUT2D eigenvalue weighted by atomic mass is 10.1. The zero-order valence-corrected chi connectivity index (χ0v) is 11.9. The fourth-order valence-electron chi connectivity index (χ4n) is 2.27. The summed E-state index contributed by atoms with van der Waals surface area (Å²) in [7, 11) is -1.66. The molecule has 1 aromatic rings. The molecule has 0 unspecified atom stereocenters. The molecule has 0 aliphatic carbocycles. The molecule has 0 saturated carbocycles. The van der Waals surface area contributed by atoms with E-state index in [9.17, 15) is 8.42 Å². The van der Waals surface area contributed by atoms with Gasteiger partial charge in [0.15, 0.2) is 0 Å². The van der Waals surface area contributed by atoms with E-state index in [0.29, 0.717) is 18.9 Å². The Morgan fingerprint density at radius 2 is 2.05 bits per heavy atom. The summed E-state index contributed by atoms with van der Waals surface area (Å²) in [6.45, 7) is 1.26. The van der Waals surface area contributed by atoms with Crippen LogP contribution in [0.1, 0.15) is 18.4 Å². The van der Waals surface area contributed by atoms with Crippen LogP contribution in [0.4, 0.5) is 5.69 Å². The molecule has 1 fully saturated rings. The Bertz CT molecular complexity index is 524. The van der Waals surface area contributed by atoms with Gasteiger partial charge in [-0.2, -0.15) is 0 Å². The summed E-state index contributed by atoms with van der Waals surface area (Å²) < 4.78 is 31.5. The minimum atomic E-state index is -3.31. The van der Waals surface area contributed by atoms with Gasteiger partial charge in [0.05, 0.1) is 5.75 Å². The number of benzene rings is 1. The number of nitrogens with zero attached hydrogens (tertiary/aromatic N) is 1. The van der Waals surface area contributed by atoms with E-state index in [-0.39, 0.29) is 11.8 Å². The highest BCUT2D eigenvalue weighted by Crippen LogP contribution is 2.19. The molecular formula is C13H20N2O3S. The lowest BCUT2D eigenvalue weighted by Gasteiger charge is -2.30. The van der Waals surface area contributed by atoms with Crippen molar-refractivity contribution in [2.45, 2.75) is 24.6 Å². The molecule has 1 aliphatic rings. The molecule has 0 amide bonds. The van der Waals surface area contributed by atoms with Gasteiger partial charge in [0.2, 0.25) is 10.0 Å². The zero-order chi connectivity index (χ0) is 13.9. The average Bonchev–Trinajstić information content (AvgIpc) is 2.38. The quantitative estimate of drug-likeness (QED) is 0.844. The van der Waals surface area contributed by atoms with Gasteiger partial charge in [0, 0.05) is 32.0 Å². The van der Waals surface area contributed by atoms with Gasteiger partial charge in [-0.05, 0) is 30.5 Å². The van der Waals surface area contributed by atoms with Crippen LogP contribution in [0, 0.1) is 0 Å². The molecule has 2 rings (SSSR count). The van der Waals surface area contributed by atoms with Crippen molar-refractivity contribution in [3.8, 4) is 0 Å². The third kappa shape index (κ3) is 3.68. The first-order valence-corrected chi connectivity index (χ1v) is 7.98. The molecule has 19 heavy (non-hydrogen) atoms. The second-order valence-electron chi connectivity index (χ2n) is 4.86. The van der Waals surface area contributed by atoms with Crippen LogP contribution in [0.2, 0.25) is 0 Å². The molecule has 5 nitrogen and oxygen atoms in total. The minimum Gasteiger partial charge on any atom is -0.399 e. The molecule has 1 saturated heterocycles. The van der Waals surface area contributed by atoms with Gasteiger partial charge in [-0.15, -0.1) is 0 Å². The fourth-order valence-corrected chi connectivity index (χ4v) is 3.74. The number of hydrogen-bond donors (Lipinski definition) is 1. The fraction of sp³-hybridized carbons (Fsp3) is 0.538. The second-order valence-corrected chi connectivity index (χ2v) is 6.89. The van der Waals surface area contributed by atoms with E-state index >= 15 is 0 Å². The Labute approximate surface area is 114 Å². The van der Waals surface area contributed by atoms with Crippen LogP contribution in [0.5, 0.6) is 0 Å². The summed E-state index contributed by atoms with van der Waals surface area (Å²) >= 11 is 0. The Kier molecular flexibility index (Phi) is 4.44. The molecule has 0 radical (unpaired) electrons. The summed E-state index contributed by atoms with van der Waals surface area (Å²) in [5.74, 6) is -0.00804.